The van der Waals surface area contributed by atoms with Gasteiger partial charge in [-0.1, -0.05) is 6.07 Å². The van der Waals surface area contributed by atoms with Crippen molar-refractivity contribution in [3.8, 4) is 17.1 Å². The normalized spacial score (nSPS) is 19.2. The number of carbonyl (C=O) groups excluding carboxylic acids is 1. The Hall–Kier alpha value is -4.54. The topological polar surface area (TPSA) is 112 Å². The second-order valence-electron chi connectivity index (χ2n) is 11.2. The van der Waals surface area contributed by atoms with Crippen LogP contribution in [0.1, 0.15) is 24.9 Å². The maximum Gasteiger partial charge on any atom is 0.456 e. The molecule has 1 saturated heterocycles. The number of piperazine rings is 1. The number of H-pyrrole nitrogens is 1. The molecule has 6 rings (SSSR count). The van der Waals surface area contributed by atoms with Crippen LogP contribution in [0.5, 0.6) is 5.88 Å². The predicted molar refractivity (Wildman–Crippen MR) is 151 cm³/mol. The molecule has 2 fully saturated rings. The second kappa shape index (κ2) is 11.7. The van der Waals surface area contributed by atoms with Gasteiger partial charge in [0.25, 0.3) is 5.92 Å². The first-order valence-corrected chi connectivity index (χ1v) is 14.2. The Bertz CT molecular complexity index is 1740. The number of halogens is 7. The first-order chi connectivity index (χ1) is 21.7. The van der Waals surface area contributed by atoms with Gasteiger partial charge >= 0.3 is 12.1 Å². The Morgan fingerprint density at radius 1 is 1.07 bits per heavy atom. The van der Waals surface area contributed by atoms with Crippen LogP contribution in [0.2, 0.25) is 0 Å². The third-order valence-corrected chi connectivity index (χ3v) is 8.05. The van der Waals surface area contributed by atoms with Gasteiger partial charge in [-0.05, 0) is 36.8 Å². The van der Waals surface area contributed by atoms with Crippen molar-refractivity contribution in [2.75, 3.05) is 38.1 Å². The molecule has 2 N–H and O–H groups in total. The minimum absolute atomic E-state index is 0.0391. The molecule has 4 heterocycles. The number of amides is 1. The number of pyridine rings is 1. The summed E-state index contributed by atoms with van der Waals surface area (Å²) in [6.07, 6.45) is -3.49. The van der Waals surface area contributed by atoms with Crippen LogP contribution in [-0.2, 0) is 4.79 Å². The van der Waals surface area contributed by atoms with Crippen LogP contribution in [0, 0.1) is 5.92 Å². The van der Waals surface area contributed by atoms with Crippen LogP contribution in [0.3, 0.4) is 0 Å². The number of fused-ring (bicyclic) bond motifs is 1. The van der Waals surface area contributed by atoms with E-state index >= 15 is 0 Å². The number of hydrogen-bond donors (Lipinski definition) is 2. The molecule has 1 aliphatic heterocycles. The molecule has 0 radical (unpaired) electrons. The highest BCUT2D eigenvalue weighted by atomic mass is 19.4. The summed E-state index contributed by atoms with van der Waals surface area (Å²) < 4.78 is 95.2. The van der Waals surface area contributed by atoms with Crippen molar-refractivity contribution in [3.63, 3.8) is 0 Å². The fourth-order valence-corrected chi connectivity index (χ4v) is 5.19. The maximum absolute atomic E-state index is 13.3. The summed E-state index contributed by atoms with van der Waals surface area (Å²) in [6.45, 7) is 1.94. The first kappa shape index (κ1) is 31.4. The summed E-state index contributed by atoms with van der Waals surface area (Å²) in [6, 6.07) is 9.83. The molecule has 2 aliphatic rings. The van der Waals surface area contributed by atoms with Crippen LogP contribution < -0.4 is 10.1 Å². The number of ether oxygens (including phenoxy) is 1. The number of anilines is 2. The number of aromatic amines is 1. The van der Waals surface area contributed by atoms with Gasteiger partial charge in [-0.25, -0.2) is 28.7 Å². The molecule has 1 aromatic carbocycles. The third kappa shape index (κ3) is 6.54. The molecule has 0 spiro atoms. The van der Waals surface area contributed by atoms with E-state index < -0.39 is 42.3 Å². The van der Waals surface area contributed by atoms with Gasteiger partial charge in [0.15, 0.2) is 6.61 Å². The Morgan fingerprint density at radius 2 is 1.80 bits per heavy atom. The van der Waals surface area contributed by atoms with Crippen molar-refractivity contribution in [1.82, 2.24) is 34.7 Å². The van der Waals surface area contributed by atoms with E-state index in [0.717, 1.165) is 18.0 Å². The monoisotopic (exact) mass is 652 g/mol. The number of carbonyl (C=O) groups is 1. The van der Waals surface area contributed by atoms with Gasteiger partial charge in [0.2, 0.25) is 17.7 Å². The Balaban J connectivity index is 1.09. The standard InChI is InChI=1S/C29H27F7N8O2/c1-16(43-6-8-44(9-7-43)25(45)19-13-27(19,30)31)17-4-5-37-23(11-17)42-26-40-20-3-2-18(10-22(20)41-26)21-12-24(39-15-38-21)46-14-28(32,33)29(34,35)36/h2-5,10-12,15-16,19H,6-9,13-14H2,1H3,(H2,37,40,41,42)/t16?,19-/m0/s1. The van der Waals surface area contributed by atoms with E-state index in [1.165, 1.54) is 4.90 Å². The van der Waals surface area contributed by atoms with Gasteiger partial charge in [0.05, 0.1) is 16.7 Å². The third-order valence-electron chi connectivity index (χ3n) is 8.05. The number of hydrogen-bond acceptors (Lipinski definition) is 8. The van der Waals surface area contributed by atoms with Gasteiger partial charge in [-0.2, -0.15) is 22.0 Å². The molecule has 4 aromatic rings. The highest BCUT2D eigenvalue weighted by molar-refractivity contribution is 5.84. The number of nitrogens with zero attached hydrogens (tertiary/aromatic N) is 6. The van der Waals surface area contributed by atoms with E-state index in [4.69, 9.17) is 0 Å². The summed E-state index contributed by atoms with van der Waals surface area (Å²) >= 11 is 0. The largest absolute Gasteiger partial charge is 0.471 e. The van der Waals surface area contributed by atoms with Crippen molar-refractivity contribution >= 4 is 28.7 Å². The summed E-state index contributed by atoms with van der Waals surface area (Å²) in [4.78, 5) is 35.7. The molecule has 46 heavy (non-hydrogen) atoms. The van der Waals surface area contributed by atoms with Crippen molar-refractivity contribution in [2.24, 2.45) is 5.92 Å². The quantitative estimate of drug-likeness (QED) is 0.225. The van der Waals surface area contributed by atoms with E-state index in [2.05, 4.69) is 39.9 Å². The molecule has 244 valence electrons. The summed E-state index contributed by atoms with van der Waals surface area (Å²) in [5, 5.41) is 3.12. The predicted octanol–water partition coefficient (Wildman–Crippen LogP) is 5.60. The van der Waals surface area contributed by atoms with Crippen LogP contribution in [0.15, 0.2) is 48.9 Å². The highest BCUT2D eigenvalue weighted by Crippen LogP contribution is 2.49. The molecular formula is C29H27F7N8O2. The smallest absolute Gasteiger partial charge is 0.456 e. The number of alkyl halides is 7. The highest BCUT2D eigenvalue weighted by Gasteiger charge is 2.62. The molecular weight excluding hydrogens is 625 g/mol. The summed E-state index contributed by atoms with van der Waals surface area (Å²) in [5.74, 6) is -9.16. The number of aromatic nitrogens is 5. The molecule has 10 nitrogen and oxygen atoms in total. The van der Waals surface area contributed by atoms with Gasteiger partial charge in [0, 0.05) is 56.5 Å². The maximum atomic E-state index is 13.3. The van der Waals surface area contributed by atoms with Crippen molar-refractivity contribution in [2.45, 2.75) is 37.4 Å². The van der Waals surface area contributed by atoms with E-state index in [-0.39, 0.29) is 18.2 Å². The van der Waals surface area contributed by atoms with Gasteiger partial charge in [-0.15, -0.1) is 0 Å². The van der Waals surface area contributed by atoms with E-state index in [1.807, 2.05) is 19.1 Å². The molecule has 1 aliphatic carbocycles. The fraction of sp³-hybridized carbons (Fsp3) is 0.414. The lowest BCUT2D eigenvalue weighted by atomic mass is 10.1. The SMILES string of the molecule is CC(c1ccnc(Nc2nc3ccc(-c4cc(OCC(F)(F)C(F)(F)F)ncn4)cc3[nH]2)c1)N1CCN(C(=O)[C@@H]2CC2(F)F)CC1. The molecule has 3 aromatic heterocycles. The minimum Gasteiger partial charge on any atom is -0.471 e. The van der Waals surface area contributed by atoms with Gasteiger partial charge in [0.1, 0.15) is 18.1 Å². The van der Waals surface area contributed by atoms with Crippen LogP contribution in [-0.4, -0.2) is 91.4 Å². The molecule has 1 saturated carbocycles. The molecule has 17 heteroatoms. The first-order valence-electron chi connectivity index (χ1n) is 14.2. The average Bonchev–Trinajstić information content (AvgIpc) is 3.48. The second-order valence-corrected chi connectivity index (χ2v) is 11.2. The van der Waals surface area contributed by atoms with Crippen LogP contribution in [0.4, 0.5) is 42.5 Å². The fourth-order valence-electron chi connectivity index (χ4n) is 5.19. The number of imidazole rings is 1. The Kier molecular flexibility index (Phi) is 7.98. The van der Waals surface area contributed by atoms with Crippen molar-refractivity contribution < 1.29 is 40.3 Å². The van der Waals surface area contributed by atoms with Crippen LogP contribution >= 0.6 is 0 Å². The summed E-state index contributed by atoms with van der Waals surface area (Å²) in [7, 11) is 0. The molecule has 1 amide bonds. The van der Waals surface area contributed by atoms with Crippen LogP contribution in [0.25, 0.3) is 22.3 Å². The average molecular weight is 653 g/mol. The summed E-state index contributed by atoms with van der Waals surface area (Å²) in [5.41, 5.74) is 2.82. The Labute approximate surface area is 257 Å². The number of rotatable bonds is 9. The molecule has 2 atom stereocenters. The van der Waals surface area contributed by atoms with Gasteiger partial charge in [-0.3, -0.25) is 9.69 Å². The van der Waals surface area contributed by atoms with E-state index in [9.17, 15) is 35.5 Å². The number of nitrogens with one attached hydrogen (secondary N) is 2. The minimum atomic E-state index is -5.75. The zero-order valence-corrected chi connectivity index (χ0v) is 24.2. The molecule has 1 unspecified atom stereocenters. The van der Waals surface area contributed by atoms with E-state index in [0.29, 0.717) is 54.5 Å². The molecule has 0 bridgehead atoms. The van der Waals surface area contributed by atoms with Crippen molar-refractivity contribution in [1.29, 1.82) is 0 Å². The van der Waals surface area contributed by atoms with Crippen molar-refractivity contribution in [3.05, 3.63) is 54.5 Å². The lowest BCUT2D eigenvalue weighted by Gasteiger charge is -2.38. The zero-order chi connectivity index (χ0) is 32.9. The lowest BCUT2D eigenvalue weighted by Crippen LogP contribution is -2.50. The van der Waals surface area contributed by atoms with Gasteiger partial charge < -0.3 is 19.9 Å². The number of benzene rings is 1. The van der Waals surface area contributed by atoms with E-state index in [1.54, 1.807) is 24.4 Å². The lowest BCUT2D eigenvalue weighted by molar-refractivity contribution is -0.290. The Morgan fingerprint density at radius 3 is 2.50 bits per heavy atom. The zero-order valence-electron chi connectivity index (χ0n) is 24.2.